The molecule has 1 saturated carbocycles. The second kappa shape index (κ2) is 7.13. The van der Waals surface area contributed by atoms with E-state index in [9.17, 15) is 4.79 Å². The Morgan fingerprint density at radius 3 is 2.44 bits per heavy atom. The number of anilines is 1. The highest BCUT2D eigenvalue weighted by Gasteiger charge is 2.35. The largest absolute Gasteiger partial charge is 0.493 e. The van der Waals surface area contributed by atoms with E-state index in [0.29, 0.717) is 29.7 Å². The highest BCUT2D eigenvalue weighted by atomic mass is 16.5. The molecule has 7 nitrogen and oxygen atoms in total. The van der Waals surface area contributed by atoms with Gasteiger partial charge < -0.3 is 19.5 Å². The van der Waals surface area contributed by atoms with Crippen molar-refractivity contribution in [3.05, 3.63) is 29.5 Å². The van der Waals surface area contributed by atoms with Crippen LogP contribution in [0.3, 0.4) is 0 Å². The molecule has 4 rings (SSSR count). The van der Waals surface area contributed by atoms with E-state index in [1.807, 2.05) is 23.0 Å². The fourth-order valence-electron chi connectivity index (χ4n) is 4.34. The van der Waals surface area contributed by atoms with Crippen molar-refractivity contribution in [2.24, 2.45) is 0 Å². The monoisotopic (exact) mass is 371 g/mol. The zero-order valence-electron chi connectivity index (χ0n) is 15.9. The molecule has 1 amide bonds. The van der Waals surface area contributed by atoms with Gasteiger partial charge in [-0.3, -0.25) is 4.79 Å². The number of amides is 1. The van der Waals surface area contributed by atoms with Gasteiger partial charge in [0.1, 0.15) is 5.82 Å². The summed E-state index contributed by atoms with van der Waals surface area (Å²) < 4.78 is 18.6. The average molecular weight is 371 g/mol. The van der Waals surface area contributed by atoms with Crippen LogP contribution >= 0.6 is 0 Å². The van der Waals surface area contributed by atoms with Gasteiger partial charge in [-0.1, -0.05) is 18.9 Å². The Labute approximate surface area is 158 Å². The molecule has 1 aliphatic carbocycles. The maximum atomic E-state index is 12.5. The number of methoxy groups -OCH3 is 3. The summed E-state index contributed by atoms with van der Waals surface area (Å²) in [5.41, 5.74) is 1.92. The number of nitrogens with zero attached hydrogens (tertiary/aromatic N) is 2. The third kappa shape index (κ3) is 2.91. The molecule has 27 heavy (non-hydrogen) atoms. The van der Waals surface area contributed by atoms with Crippen molar-refractivity contribution in [1.82, 2.24) is 9.78 Å². The first kappa shape index (κ1) is 17.7. The average Bonchev–Trinajstić information content (AvgIpc) is 3.35. The Morgan fingerprint density at radius 1 is 1.04 bits per heavy atom. The van der Waals surface area contributed by atoms with E-state index >= 15 is 0 Å². The Bertz CT molecular complexity index is 855. The van der Waals surface area contributed by atoms with Gasteiger partial charge in [-0.05, 0) is 18.9 Å². The molecule has 1 atom stereocenters. The maximum absolute atomic E-state index is 12.5. The quantitative estimate of drug-likeness (QED) is 0.871. The number of carbonyl (C=O) groups is 1. The van der Waals surface area contributed by atoms with Gasteiger partial charge in [-0.15, -0.1) is 0 Å². The molecule has 1 aromatic carbocycles. The van der Waals surface area contributed by atoms with E-state index in [-0.39, 0.29) is 11.8 Å². The van der Waals surface area contributed by atoms with Crippen molar-refractivity contribution in [3.8, 4) is 17.2 Å². The summed E-state index contributed by atoms with van der Waals surface area (Å²) in [5, 5.41) is 7.67. The second-order valence-electron chi connectivity index (χ2n) is 7.06. The first-order valence-electron chi connectivity index (χ1n) is 9.34. The minimum Gasteiger partial charge on any atom is -0.493 e. The summed E-state index contributed by atoms with van der Waals surface area (Å²) >= 11 is 0. The molecule has 0 saturated heterocycles. The highest BCUT2D eigenvalue weighted by Crippen LogP contribution is 2.48. The van der Waals surface area contributed by atoms with Crippen LogP contribution < -0.4 is 19.5 Å². The molecule has 2 heterocycles. The van der Waals surface area contributed by atoms with Crippen LogP contribution in [-0.4, -0.2) is 37.0 Å². The number of hydrogen-bond acceptors (Lipinski definition) is 5. The van der Waals surface area contributed by atoms with Gasteiger partial charge in [0.15, 0.2) is 11.5 Å². The first-order chi connectivity index (χ1) is 13.2. The molecule has 0 unspecified atom stereocenters. The summed E-state index contributed by atoms with van der Waals surface area (Å²) in [6.45, 7) is 0. The summed E-state index contributed by atoms with van der Waals surface area (Å²) in [7, 11) is 4.78. The zero-order chi connectivity index (χ0) is 19.0. The van der Waals surface area contributed by atoms with Crippen molar-refractivity contribution in [2.75, 3.05) is 26.6 Å². The van der Waals surface area contributed by atoms with Crippen LogP contribution in [0, 0.1) is 0 Å². The standard InChI is InChI=1S/C20H25N3O4/c1-25-16-9-8-13(18(26-2)19(16)27-3)14-10-17(24)22-20-15(14)11-21-23(20)12-6-4-5-7-12/h8-9,11-12,14H,4-7,10H2,1-3H3,(H,22,24)/t14-/m1/s1. The molecule has 1 N–H and O–H groups in total. The van der Waals surface area contributed by atoms with Gasteiger partial charge in [-0.2, -0.15) is 5.10 Å². The summed E-state index contributed by atoms with van der Waals surface area (Å²) in [6, 6.07) is 4.16. The lowest BCUT2D eigenvalue weighted by atomic mass is 9.86. The number of rotatable bonds is 5. The molecular formula is C20H25N3O4. The number of ether oxygens (including phenoxy) is 3. The van der Waals surface area contributed by atoms with Crippen LogP contribution in [0.2, 0.25) is 0 Å². The van der Waals surface area contributed by atoms with Crippen LogP contribution in [0.4, 0.5) is 5.82 Å². The second-order valence-corrected chi connectivity index (χ2v) is 7.06. The van der Waals surface area contributed by atoms with Gasteiger partial charge in [-0.25, -0.2) is 4.68 Å². The number of fused-ring (bicyclic) bond motifs is 1. The fraction of sp³-hybridized carbons (Fsp3) is 0.500. The topological polar surface area (TPSA) is 74.6 Å². The predicted octanol–water partition coefficient (Wildman–Crippen LogP) is 3.50. The lowest BCUT2D eigenvalue weighted by Gasteiger charge is -2.27. The molecule has 1 aliphatic heterocycles. The lowest BCUT2D eigenvalue weighted by Crippen LogP contribution is -2.26. The number of benzene rings is 1. The lowest BCUT2D eigenvalue weighted by molar-refractivity contribution is -0.116. The minimum atomic E-state index is -0.140. The van der Waals surface area contributed by atoms with E-state index in [1.54, 1.807) is 21.3 Å². The molecule has 144 valence electrons. The van der Waals surface area contributed by atoms with E-state index in [0.717, 1.165) is 29.8 Å². The van der Waals surface area contributed by atoms with E-state index < -0.39 is 0 Å². The number of hydrogen-bond donors (Lipinski definition) is 1. The van der Waals surface area contributed by atoms with E-state index in [4.69, 9.17) is 14.2 Å². The summed E-state index contributed by atoms with van der Waals surface area (Å²) in [5.74, 6) is 2.40. The Morgan fingerprint density at radius 2 is 1.78 bits per heavy atom. The smallest absolute Gasteiger partial charge is 0.226 e. The van der Waals surface area contributed by atoms with Crippen molar-refractivity contribution >= 4 is 11.7 Å². The van der Waals surface area contributed by atoms with Crippen LogP contribution in [-0.2, 0) is 4.79 Å². The Balaban J connectivity index is 1.81. The molecule has 0 radical (unpaired) electrons. The summed E-state index contributed by atoms with van der Waals surface area (Å²) in [6.07, 6.45) is 6.85. The minimum absolute atomic E-state index is 0.0101. The predicted molar refractivity (Wildman–Crippen MR) is 101 cm³/mol. The van der Waals surface area contributed by atoms with Gasteiger partial charge in [0.25, 0.3) is 0 Å². The normalized spacial score (nSPS) is 19.5. The van der Waals surface area contributed by atoms with Crippen LogP contribution in [0.15, 0.2) is 18.3 Å². The van der Waals surface area contributed by atoms with Crippen molar-refractivity contribution < 1.29 is 19.0 Å². The van der Waals surface area contributed by atoms with E-state index in [2.05, 4.69) is 10.4 Å². The van der Waals surface area contributed by atoms with Crippen molar-refractivity contribution in [1.29, 1.82) is 0 Å². The van der Waals surface area contributed by atoms with Gasteiger partial charge in [0.2, 0.25) is 11.7 Å². The highest BCUT2D eigenvalue weighted by molar-refractivity contribution is 5.94. The number of nitrogens with one attached hydrogen (secondary N) is 1. The van der Waals surface area contributed by atoms with Crippen molar-refractivity contribution in [2.45, 2.75) is 44.1 Å². The zero-order valence-corrected chi connectivity index (χ0v) is 15.9. The molecule has 0 spiro atoms. The van der Waals surface area contributed by atoms with E-state index in [1.165, 1.54) is 12.8 Å². The third-order valence-corrected chi connectivity index (χ3v) is 5.63. The maximum Gasteiger partial charge on any atom is 0.226 e. The van der Waals surface area contributed by atoms with Crippen LogP contribution in [0.25, 0.3) is 0 Å². The van der Waals surface area contributed by atoms with Crippen molar-refractivity contribution in [3.63, 3.8) is 0 Å². The van der Waals surface area contributed by atoms with Gasteiger partial charge in [0.05, 0.1) is 33.6 Å². The number of carbonyl (C=O) groups excluding carboxylic acids is 1. The van der Waals surface area contributed by atoms with Crippen LogP contribution in [0.5, 0.6) is 17.2 Å². The Hall–Kier alpha value is -2.70. The third-order valence-electron chi connectivity index (χ3n) is 5.63. The fourth-order valence-corrected chi connectivity index (χ4v) is 4.34. The number of aromatic nitrogens is 2. The van der Waals surface area contributed by atoms with Gasteiger partial charge in [0, 0.05) is 23.5 Å². The summed E-state index contributed by atoms with van der Waals surface area (Å²) in [4.78, 5) is 12.5. The first-order valence-corrected chi connectivity index (χ1v) is 9.34. The van der Waals surface area contributed by atoms with Crippen LogP contribution in [0.1, 0.15) is 55.2 Å². The molecule has 0 bridgehead atoms. The SMILES string of the molecule is COc1ccc([C@H]2CC(=O)Nc3c2cnn3C2CCCC2)c(OC)c1OC. The molecule has 2 aromatic rings. The Kier molecular flexibility index (Phi) is 4.68. The molecule has 7 heteroatoms. The molecule has 1 fully saturated rings. The van der Waals surface area contributed by atoms with Gasteiger partial charge >= 0.3 is 0 Å². The molecule has 1 aromatic heterocycles. The molecular weight excluding hydrogens is 346 g/mol. The molecule has 2 aliphatic rings.